The molecule has 2 N–H and O–H groups in total. The van der Waals surface area contributed by atoms with Crippen molar-refractivity contribution in [1.82, 2.24) is 29.5 Å². The zero-order chi connectivity index (χ0) is 24.6. The summed E-state index contributed by atoms with van der Waals surface area (Å²) in [6.45, 7) is 4.75. The lowest BCUT2D eigenvalue weighted by atomic mass is 9.91. The molecule has 0 saturated heterocycles. The number of hydrogen-bond donors (Lipinski definition) is 2. The number of ether oxygens (including phenoxy) is 1. The van der Waals surface area contributed by atoms with E-state index in [4.69, 9.17) is 14.7 Å². The van der Waals surface area contributed by atoms with E-state index in [-0.39, 0.29) is 6.04 Å². The number of aromatic nitrogens is 6. The van der Waals surface area contributed by atoms with E-state index < -0.39 is 5.82 Å². The molecule has 8 nitrogen and oxygen atoms in total. The second-order valence-corrected chi connectivity index (χ2v) is 9.11. The fourth-order valence-electron chi connectivity index (χ4n) is 4.92. The normalized spacial score (nSPS) is 15.3. The molecule has 4 aromatic heterocycles. The number of benzene rings is 1. The van der Waals surface area contributed by atoms with Crippen LogP contribution >= 0.6 is 0 Å². The van der Waals surface area contributed by atoms with E-state index >= 15 is 0 Å². The van der Waals surface area contributed by atoms with E-state index in [1.807, 2.05) is 0 Å². The van der Waals surface area contributed by atoms with Gasteiger partial charge in [-0.2, -0.15) is 14.6 Å². The SMILES string of the molecule is C=C(CCOC)c1cnn2c(NC3CCc4[nH]c5ccccc5c4C3)nc(-c3cncc(F)c3)nc12. The number of nitrogens with zero attached hydrogens (tertiary/aromatic N) is 5. The molecule has 4 heterocycles. The third-order valence-corrected chi connectivity index (χ3v) is 6.75. The van der Waals surface area contributed by atoms with Gasteiger partial charge in [-0.1, -0.05) is 24.8 Å². The van der Waals surface area contributed by atoms with Crippen molar-refractivity contribution in [2.75, 3.05) is 19.0 Å². The van der Waals surface area contributed by atoms with Gasteiger partial charge < -0.3 is 15.0 Å². The minimum Gasteiger partial charge on any atom is -0.384 e. The molecule has 1 unspecified atom stereocenters. The van der Waals surface area contributed by atoms with E-state index in [2.05, 4.69) is 51.2 Å². The van der Waals surface area contributed by atoms with Crippen LogP contribution in [0.3, 0.4) is 0 Å². The second-order valence-electron chi connectivity index (χ2n) is 9.11. The van der Waals surface area contributed by atoms with Crippen LogP contribution in [0.15, 0.2) is 55.5 Å². The number of methoxy groups -OCH3 is 1. The topological polar surface area (TPSA) is 93.0 Å². The molecular weight excluding hydrogens is 457 g/mol. The Morgan fingerprint density at radius 3 is 3.00 bits per heavy atom. The van der Waals surface area contributed by atoms with Crippen molar-refractivity contribution in [3.63, 3.8) is 0 Å². The number of H-pyrrole nitrogens is 1. The quantitative estimate of drug-likeness (QED) is 0.345. The van der Waals surface area contributed by atoms with Crippen LogP contribution in [0.1, 0.15) is 29.7 Å². The first kappa shape index (κ1) is 22.4. The number of aryl methyl sites for hydroxylation is 1. The number of rotatable bonds is 7. The molecule has 0 radical (unpaired) electrons. The summed E-state index contributed by atoms with van der Waals surface area (Å²) in [5.74, 6) is 0.489. The Balaban J connectivity index is 1.40. The first-order valence-electron chi connectivity index (χ1n) is 12.0. The van der Waals surface area contributed by atoms with Crippen LogP contribution in [-0.4, -0.2) is 49.3 Å². The fraction of sp³-hybridized carbons (Fsp3) is 0.259. The van der Waals surface area contributed by atoms with Crippen LogP contribution in [0.5, 0.6) is 0 Å². The molecule has 1 atom stereocenters. The lowest BCUT2D eigenvalue weighted by Gasteiger charge is -2.24. The van der Waals surface area contributed by atoms with E-state index in [9.17, 15) is 4.39 Å². The van der Waals surface area contributed by atoms with Crippen molar-refractivity contribution in [3.05, 3.63) is 78.1 Å². The average molecular weight is 484 g/mol. The van der Waals surface area contributed by atoms with Crippen LogP contribution in [0, 0.1) is 5.82 Å². The Kier molecular flexibility index (Phi) is 5.69. The first-order chi connectivity index (χ1) is 17.6. The number of hydrogen-bond acceptors (Lipinski definition) is 6. The van der Waals surface area contributed by atoms with Gasteiger partial charge in [0.15, 0.2) is 11.5 Å². The highest BCUT2D eigenvalue weighted by molar-refractivity contribution is 5.85. The summed E-state index contributed by atoms with van der Waals surface area (Å²) >= 11 is 0. The molecule has 1 aromatic carbocycles. The Morgan fingerprint density at radius 2 is 2.14 bits per heavy atom. The summed E-state index contributed by atoms with van der Waals surface area (Å²) in [6.07, 6.45) is 7.86. The minimum absolute atomic E-state index is 0.151. The maximum Gasteiger partial charge on any atom is 0.228 e. The number of para-hydroxylation sites is 1. The van der Waals surface area contributed by atoms with Crippen LogP contribution < -0.4 is 5.32 Å². The van der Waals surface area contributed by atoms with Gasteiger partial charge >= 0.3 is 0 Å². The summed E-state index contributed by atoms with van der Waals surface area (Å²) in [4.78, 5) is 17.0. The lowest BCUT2D eigenvalue weighted by molar-refractivity contribution is 0.206. The molecule has 6 rings (SSSR count). The molecule has 0 bridgehead atoms. The number of aromatic amines is 1. The van der Waals surface area contributed by atoms with Crippen molar-refractivity contribution in [2.45, 2.75) is 31.7 Å². The predicted molar refractivity (Wildman–Crippen MR) is 137 cm³/mol. The zero-order valence-electron chi connectivity index (χ0n) is 20.0. The van der Waals surface area contributed by atoms with Crippen molar-refractivity contribution < 1.29 is 9.13 Å². The fourth-order valence-corrected chi connectivity index (χ4v) is 4.92. The maximum absolute atomic E-state index is 14.0. The van der Waals surface area contributed by atoms with Crippen LogP contribution in [0.2, 0.25) is 0 Å². The highest BCUT2D eigenvalue weighted by Crippen LogP contribution is 2.31. The molecule has 0 aliphatic heterocycles. The number of nitrogens with one attached hydrogen (secondary N) is 2. The number of pyridine rings is 1. The standard InChI is InChI=1S/C27H26FN7O/c1-16(9-10-36-2)22-15-30-35-26(22)33-25(17-11-18(28)14-29-13-17)34-27(35)31-19-7-8-24-21(12-19)20-5-3-4-6-23(20)32-24/h3-6,11,13-15,19,32H,1,7-10,12H2,2H3,(H,31,33,34). The van der Waals surface area contributed by atoms with Gasteiger partial charge in [0.05, 0.1) is 19.0 Å². The van der Waals surface area contributed by atoms with Crippen LogP contribution in [0.4, 0.5) is 10.3 Å². The van der Waals surface area contributed by atoms with Crippen LogP contribution in [-0.2, 0) is 17.6 Å². The van der Waals surface area contributed by atoms with Gasteiger partial charge in [0.25, 0.3) is 0 Å². The molecule has 1 aliphatic carbocycles. The summed E-state index contributed by atoms with van der Waals surface area (Å²) in [7, 11) is 1.66. The predicted octanol–water partition coefficient (Wildman–Crippen LogP) is 4.83. The molecule has 36 heavy (non-hydrogen) atoms. The smallest absolute Gasteiger partial charge is 0.228 e. The van der Waals surface area contributed by atoms with Gasteiger partial charge in [-0.05, 0) is 49.0 Å². The summed E-state index contributed by atoms with van der Waals surface area (Å²) in [5, 5.41) is 9.45. The maximum atomic E-state index is 14.0. The molecule has 182 valence electrons. The van der Waals surface area contributed by atoms with E-state index in [1.54, 1.807) is 24.0 Å². The Morgan fingerprint density at radius 1 is 1.25 bits per heavy atom. The van der Waals surface area contributed by atoms with Gasteiger partial charge in [-0.3, -0.25) is 4.98 Å². The van der Waals surface area contributed by atoms with Gasteiger partial charge in [-0.25, -0.2) is 9.37 Å². The number of anilines is 1. The molecule has 0 saturated carbocycles. The highest BCUT2D eigenvalue weighted by atomic mass is 19.1. The highest BCUT2D eigenvalue weighted by Gasteiger charge is 2.24. The largest absolute Gasteiger partial charge is 0.384 e. The summed E-state index contributed by atoms with van der Waals surface area (Å²) < 4.78 is 20.9. The van der Waals surface area contributed by atoms with Crippen molar-refractivity contribution >= 4 is 28.1 Å². The summed E-state index contributed by atoms with van der Waals surface area (Å²) in [6, 6.07) is 9.94. The monoisotopic (exact) mass is 483 g/mol. The van der Waals surface area contributed by atoms with Crippen molar-refractivity contribution in [1.29, 1.82) is 0 Å². The van der Waals surface area contributed by atoms with Crippen molar-refractivity contribution in [3.8, 4) is 11.4 Å². The molecule has 0 fully saturated rings. The average Bonchev–Trinajstić information content (AvgIpc) is 3.49. The molecule has 0 spiro atoms. The zero-order valence-corrected chi connectivity index (χ0v) is 20.0. The molecule has 1 aliphatic rings. The number of fused-ring (bicyclic) bond motifs is 4. The number of halogens is 1. The second kappa shape index (κ2) is 9.16. The van der Waals surface area contributed by atoms with Crippen LogP contribution in [0.25, 0.3) is 33.5 Å². The van der Waals surface area contributed by atoms with E-state index in [0.717, 1.165) is 30.4 Å². The van der Waals surface area contributed by atoms with Crippen molar-refractivity contribution in [2.24, 2.45) is 0 Å². The third kappa shape index (κ3) is 4.01. The van der Waals surface area contributed by atoms with E-state index in [1.165, 1.54) is 34.4 Å². The Bertz CT molecular complexity index is 1590. The summed E-state index contributed by atoms with van der Waals surface area (Å²) in [5.41, 5.74) is 6.58. The van der Waals surface area contributed by atoms with Gasteiger partial charge in [0.1, 0.15) is 5.82 Å². The van der Waals surface area contributed by atoms with Gasteiger partial charge in [0.2, 0.25) is 5.95 Å². The molecule has 5 aromatic rings. The minimum atomic E-state index is -0.442. The molecule has 9 heteroatoms. The lowest BCUT2D eigenvalue weighted by Crippen LogP contribution is -2.29. The first-order valence-corrected chi connectivity index (χ1v) is 12.0. The molecule has 0 amide bonds. The van der Waals surface area contributed by atoms with Gasteiger partial charge in [0, 0.05) is 47.1 Å². The third-order valence-electron chi connectivity index (χ3n) is 6.75. The Labute approximate surface area is 207 Å². The molecular formula is C27H26FN7O. The van der Waals surface area contributed by atoms with E-state index in [0.29, 0.717) is 36.0 Å². The Hall–Kier alpha value is -4.11. The van der Waals surface area contributed by atoms with Gasteiger partial charge in [-0.15, -0.1) is 0 Å².